The number of carbonyl (C=O) groups is 2. The molecule has 1 N–H and O–H groups in total. The molecule has 0 aromatic heterocycles. The van der Waals surface area contributed by atoms with E-state index in [1.54, 1.807) is 11.0 Å². The number of hydrogen-bond acceptors (Lipinski definition) is 4. The molecule has 0 fully saturated rings. The highest BCUT2D eigenvalue weighted by molar-refractivity contribution is 7.92. The highest BCUT2D eigenvalue weighted by Crippen LogP contribution is 2.31. The zero-order valence-corrected chi connectivity index (χ0v) is 26.8. The molecule has 0 unspecified atom stereocenters. The van der Waals surface area contributed by atoms with E-state index in [2.05, 4.69) is 5.32 Å². The van der Waals surface area contributed by atoms with Crippen LogP contribution in [0, 0.1) is 6.92 Å². The fourth-order valence-corrected chi connectivity index (χ4v) is 6.07. The number of nitrogens with zero attached hydrogens (tertiary/aromatic N) is 2. The van der Waals surface area contributed by atoms with Gasteiger partial charge in [-0.2, -0.15) is 0 Å². The molecule has 2 atom stereocenters. The predicted octanol–water partition coefficient (Wildman–Crippen LogP) is 6.40. The molecule has 7 nitrogen and oxygen atoms in total. The lowest BCUT2D eigenvalue weighted by Crippen LogP contribution is -2.52. The second-order valence-electron chi connectivity index (χ2n) is 10.6. The molecule has 0 aliphatic carbocycles. The fourth-order valence-electron chi connectivity index (χ4n) is 4.66. The Hall–Kier alpha value is -3.07. The van der Waals surface area contributed by atoms with E-state index in [0.29, 0.717) is 11.4 Å². The maximum atomic E-state index is 13.9. The Kier molecular flexibility index (Phi) is 12.3. The molecule has 0 heterocycles. The van der Waals surface area contributed by atoms with Crippen molar-refractivity contribution >= 4 is 50.7 Å². The topological polar surface area (TPSA) is 86.8 Å². The van der Waals surface area contributed by atoms with Crippen LogP contribution in [-0.4, -0.2) is 50.0 Å². The van der Waals surface area contributed by atoms with Gasteiger partial charge in [0.25, 0.3) is 0 Å². The van der Waals surface area contributed by atoms with E-state index in [9.17, 15) is 18.0 Å². The fraction of sp³-hybridized carbons (Fsp3) is 0.375. The van der Waals surface area contributed by atoms with Crippen LogP contribution in [0.2, 0.25) is 10.0 Å². The first kappa shape index (κ1) is 33.4. The van der Waals surface area contributed by atoms with Gasteiger partial charge >= 0.3 is 0 Å². The molecule has 0 saturated carbocycles. The van der Waals surface area contributed by atoms with Crippen molar-refractivity contribution in [3.8, 4) is 0 Å². The minimum absolute atomic E-state index is 0.0192. The second kappa shape index (κ2) is 15.4. The molecule has 0 spiro atoms. The third kappa shape index (κ3) is 9.75. The maximum absolute atomic E-state index is 13.9. The summed E-state index contributed by atoms with van der Waals surface area (Å²) in [5.74, 6) is -0.472. The van der Waals surface area contributed by atoms with E-state index in [4.69, 9.17) is 23.2 Å². The average Bonchev–Trinajstić information content (AvgIpc) is 2.94. The third-order valence-electron chi connectivity index (χ3n) is 7.04. The first-order valence-corrected chi connectivity index (χ1v) is 16.6. The number of halogens is 2. The lowest BCUT2D eigenvalue weighted by molar-refractivity contribution is -0.141. The van der Waals surface area contributed by atoms with E-state index in [-0.39, 0.29) is 54.5 Å². The zero-order chi connectivity index (χ0) is 30.9. The molecule has 3 aromatic rings. The number of nitrogens with one attached hydrogen (secondary N) is 1. The summed E-state index contributed by atoms with van der Waals surface area (Å²) in [6, 6.07) is 21.2. The molecule has 0 radical (unpaired) electrons. The van der Waals surface area contributed by atoms with E-state index >= 15 is 0 Å². The monoisotopic (exact) mass is 631 g/mol. The molecule has 0 saturated heterocycles. The van der Waals surface area contributed by atoms with Crippen molar-refractivity contribution in [2.24, 2.45) is 0 Å². The third-order valence-corrected chi connectivity index (χ3v) is 8.77. The van der Waals surface area contributed by atoms with Crippen molar-refractivity contribution < 1.29 is 18.0 Å². The summed E-state index contributed by atoms with van der Waals surface area (Å²) in [7, 11) is -3.71. The average molecular weight is 633 g/mol. The number of carbonyl (C=O) groups excluding carboxylic acids is 2. The molecule has 226 valence electrons. The maximum Gasteiger partial charge on any atom is 0.243 e. The van der Waals surface area contributed by atoms with Gasteiger partial charge in [-0.3, -0.25) is 13.9 Å². The number of sulfonamides is 1. The molecule has 3 rings (SSSR count). The van der Waals surface area contributed by atoms with Crippen LogP contribution in [0.3, 0.4) is 0 Å². The van der Waals surface area contributed by atoms with Crippen LogP contribution in [0.15, 0.2) is 72.8 Å². The molecular formula is C32H39Cl2N3O4S. The van der Waals surface area contributed by atoms with Crippen molar-refractivity contribution in [3.05, 3.63) is 99.5 Å². The number of hydrogen-bond donors (Lipinski definition) is 1. The van der Waals surface area contributed by atoms with Crippen LogP contribution in [0.5, 0.6) is 0 Å². The van der Waals surface area contributed by atoms with Gasteiger partial charge in [0.15, 0.2) is 0 Å². The molecule has 10 heteroatoms. The van der Waals surface area contributed by atoms with Crippen molar-refractivity contribution in [3.63, 3.8) is 0 Å². The normalized spacial score (nSPS) is 12.8. The Balaban J connectivity index is 1.91. The van der Waals surface area contributed by atoms with Crippen molar-refractivity contribution in [1.29, 1.82) is 0 Å². The molecular weight excluding hydrogens is 593 g/mol. The highest BCUT2D eigenvalue weighted by atomic mass is 35.5. The summed E-state index contributed by atoms with van der Waals surface area (Å²) >= 11 is 12.4. The van der Waals surface area contributed by atoms with Gasteiger partial charge in [0.2, 0.25) is 21.8 Å². The molecule has 2 amide bonds. The smallest absolute Gasteiger partial charge is 0.243 e. The minimum atomic E-state index is -3.71. The highest BCUT2D eigenvalue weighted by Gasteiger charge is 2.31. The van der Waals surface area contributed by atoms with E-state index in [1.807, 2.05) is 75.4 Å². The summed E-state index contributed by atoms with van der Waals surface area (Å²) in [4.78, 5) is 29.2. The van der Waals surface area contributed by atoms with Crippen LogP contribution >= 0.6 is 23.2 Å². The van der Waals surface area contributed by atoms with Gasteiger partial charge in [0.05, 0.1) is 17.0 Å². The van der Waals surface area contributed by atoms with E-state index in [1.165, 1.54) is 12.1 Å². The summed E-state index contributed by atoms with van der Waals surface area (Å²) < 4.78 is 26.5. The Morgan fingerprint density at radius 3 is 2.29 bits per heavy atom. The lowest BCUT2D eigenvalue weighted by atomic mass is 10.0. The number of rotatable bonds is 14. The van der Waals surface area contributed by atoms with Gasteiger partial charge in [0.1, 0.15) is 6.04 Å². The van der Waals surface area contributed by atoms with Crippen LogP contribution in [0.4, 0.5) is 5.69 Å². The summed E-state index contributed by atoms with van der Waals surface area (Å²) in [5, 5.41) is 3.65. The number of benzene rings is 3. The van der Waals surface area contributed by atoms with Crippen molar-refractivity contribution in [2.45, 2.75) is 65.1 Å². The largest absolute Gasteiger partial charge is 0.352 e. The summed E-state index contributed by atoms with van der Waals surface area (Å²) in [5.41, 5.74) is 3.14. The lowest BCUT2D eigenvalue weighted by Gasteiger charge is -2.33. The molecule has 0 aliphatic rings. The van der Waals surface area contributed by atoms with Gasteiger partial charge in [-0.1, -0.05) is 90.3 Å². The van der Waals surface area contributed by atoms with Crippen LogP contribution < -0.4 is 9.62 Å². The van der Waals surface area contributed by atoms with Crippen LogP contribution in [0.1, 0.15) is 49.8 Å². The summed E-state index contributed by atoms with van der Waals surface area (Å²) in [6.45, 7) is 6.16. The quantitative estimate of drug-likeness (QED) is 0.223. The zero-order valence-electron chi connectivity index (χ0n) is 24.5. The molecule has 42 heavy (non-hydrogen) atoms. The SMILES string of the molecule is CC[C@H](C)NC(=O)[C@@H](Cc1ccccc1)N(Cc1cccc(C)c1)C(=O)CCCN(c1cc(Cl)ccc1Cl)S(C)(=O)=O. The van der Waals surface area contributed by atoms with Gasteiger partial charge in [-0.25, -0.2) is 8.42 Å². The molecule has 0 aliphatic heterocycles. The molecule has 0 bridgehead atoms. The number of amides is 2. The first-order valence-electron chi connectivity index (χ1n) is 14.0. The van der Waals surface area contributed by atoms with Gasteiger partial charge in [-0.05, 0) is 56.0 Å². The Labute approximate surface area is 259 Å². The van der Waals surface area contributed by atoms with E-state index in [0.717, 1.165) is 33.7 Å². The van der Waals surface area contributed by atoms with Gasteiger partial charge in [-0.15, -0.1) is 0 Å². The Morgan fingerprint density at radius 1 is 0.952 bits per heavy atom. The first-order chi connectivity index (χ1) is 19.9. The van der Waals surface area contributed by atoms with Crippen LogP contribution in [-0.2, 0) is 32.6 Å². The number of aryl methyl sites for hydroxylation is 1. The predicted molar refractivity (Wildman–Crippen MR) is 171 cm³/mol. The molecule has 3 aromatic carbocycles. The Morgan fingerprint density at radius 2 is 1.64 bits per heavy atom. The van der Waals surface area contributed by atoms with Gasteiger partial charge in [0, 0.05) is 37.0 Å². The summed E-state index contributed by atoms with van der Waals surface area (Å²) in [6.07, 6.45) is 2.42. The van der Waals surface area contributed by atoms with E-state index < -0.39 is 16.1 Å². The van der Waals surface area contributed by atoms with Crippen LogP contribution in [0.25, 0.3) is 0 Å². The van der Waals surface area contributed by atoms with Crippen molar-refractivity contribution in [1.82, 2.24) is 10.2 Å². The minimum Gasteiger partial charge on any atom is -0.352 e. The van der Waals surface area contributed by atoms with Crippen molar-refractivity contribution in [2.75, 3.05) is 17.1 Å². The second-order valence-corrected chi connectivity index (χ2v) is 13.3. The number of anilines is 1. The Bertz CT molecular complexity index is 1470. The standard InChI is InChI=1S/C32H39Cl2N3O4S/c1-5-24(3)35-32(39)30(20-25-12-7-6-8-13-25)36(22-26-14-9-11-23(2)19-26)31(38)15-10-18-37(42(4,40)41)29-21-27(33)16-17-28(29)34/h6-9,11-14,16-17,19,21,24,30H,5,10,15,18,20,22H2,1-4H3,(H,35,39)/t24-,30+/m0/s1. The van der Waals surface area contributed by atoms with Gasteiger partial charge < -0.3 is 10.2 Å².